The van der Waals surface area contributed by atoms with Gasteiger partial charge in [0, 0.05) is 19.8 Å². The van der Waals surface area contributed by atoms with Crippen LogP contribution in [-0.2, 0) is 24.8 Å². The van der Waals surface area contributed by atoms with E-state index in [9.17, 15) is 4.79 Å². The second-order valence-electron chi connectivity index (χ2n) is 5.03. The lowest BCUT2D eigenvalue weighted by Gasteiger charge is -2.25. The summed E-state index contributed by atoms with van der Waals surface area (Å²) >= 11 is 0. The average Bonchev–Trinajstić information content (AvgIpc) is 2.90. The van der Waals surface area contributed by atoms with Crippen molar-refractivity contribution in [1.29, 1.82) is 0 Å². The summed E-state index contributed by atoms with van der Waals surface area (Å²) < 4.78 is 1.73. The number of benzene rings is 1. The number of carbonyl (C=O) groups is 1. The van der Waals surface area contributed by atoms with Crippen molar-refractivity contribution in [3.05, 3.63) is 53.3 Å². The topological polar surface area (TPSA) is 59.0 Å². The maximum atomic E-state index is 12.3. The quantitative estimate of drug-likeness (QED) is 0.872. The summed E-state index contributed by atoms with van der Waals surface area (Å²) in [6.07, 6.45) is 2.84. The number of fused-ring (bicyclic) bond motifs is 1. The van der Waals surface area contributed by atoms with E-state index in [1.807, 2.05) is 37.5 Å². The van der Waals surface area contributed by atoms with E-state index in [0.717, 1.165) is 24.2 Å². The zero-order valence-corrected chi connectivity index (χ0v) is 11.5. The molecular formula is C15H18N4O. The third-order valence-electron chi connectivity index (χ3n) is 3.58. The van der Waals surface area contributed by atoms with Crippen LogP contribution in [0.5, 0.6) is 0 Å². The van der Waals surface area contributed by atoms with Gasteiger partial charge < -0.3 is 10.6 Å². The second-order valence-corrected chi connectivity index (χ2v) is 5.03. The van der Waals surface area contributed by atoms with E-state index in [4.69, 9.17) is 0 Å². The SMILES string of the molecule is Cn1ccc(CNC(=O)C2NCCc3ccccc32)n1. The minimum atomic E-state index is -0.260. The largest absolute Gasteiger partial charge is 0.349 e. The molecule has 0 saturated heterocycles. The summed E-state index contributed by atoms with van der Waals surface area (Å²) in [7, 11) is 1.87. The number of nitrogens with zero attached hydrogens (tertiary/aromatic N) is 2. The van der Waals surface area contributed by atoms with E-state index in [1.54, 1.807) is 4.68 Å². The van der Waals surface area contributed by atoms with Crippen molar-refractivity contribution in [1.82, 2.24) is 20.4 Å². The number of hydrogen-bond acceptors (Lipinski definition) is 3. The van der Waals surface area contributed by atoms with E-state index < -0.39 is 0 Å². The molecule has 2 heterocycles. The minimum absolute atomic E-state index is 0.00260. The van der Waals surface area contributed by atoms with Gasteiger partial charge in [0.15, 0.2) is 0 Å². The van der Waals surface area contributed by atoms with Crippen LogP contribution in [0, 0.1) is 0 Å². The van der Waals surface area contributed by atoms with Gasteiger partial charge >= 0.3 is 0 Å². The van der Waals surface area contributed by atoms with E-state index in [-0.39, 0.29) is 11.9 Å². The van der Waals surface area contributed by atoms with Gasteiger partial charge in [-0.3, -0.25) is 9.48 Å². The normalized spacial score (nSPS) is 17.6. The molecule has 1 atom stereocenters. The Morgan fingerprint density at radius 3 is 3.10 bits per heavy atom. The molecule has 1 aromatic carbocycles. The summed E-state index contributed by atoms with van der Waals surface area (Å²) in [5, 5.41) is 10.5. The summed E-state index contributed by atoms with van der Waals surface area (Å²) in [6.45, 7) is 1.29. The maximum absolute atomic E-state index is 12.3. The molecule has 0 fully saturated rings. The van der Waals surface area contributed by atoms with Crippen molar-refractivity contribution in [2.45, 2.75) is 19.0 Å². The smallest absolute Gasteiger partial charge is 0.242 e. The number of aromatic nitrogens is 2. The molecule has 104 valence electrons. The van der Waals surface area contributed by atoms with Crippen LogP contribution in [0.2, 0.25) is 0 Å². The molecule has 1 aliphatic heterocycles. The van der Waals surface area contributed by atoms with Crippen LogP contribution in [0.1, 0.15) is 22.9 Å². The molecule has 5 heteroatoms. The molecule has 1 aliphatic rings. The molecule has 0 aliphatic carbocycles. The third kappa shape index (κ3) is 2.58. The Bertz CT molecular complexity index is 620. The molecule has 2 N–H and O–H groups in total. The zero-order chi connectivity index (χ0) is 13.9. The van der Waals surface area contributed by atoms with Crippen molar-refractivity contribution < 1.29 is 4.79 Å². The van der Waals surface area contributed by atoms with Gasteiger partial charge in [-0.1, -0.05) is 24.3 Å². The lowest BCUT2D eigenvalue weighted by atomic mass is 9.94. The summed E-state index contributed by atoms with van der Waals surface area (Å²) in [5.74, 6) is 0.00260. The van der Waals surface area contributed by atoms with E-state index in [2.05, 4.69) is 21.8 Å². The van der Waals surface area contributed by atoms with Crippen LogP contribution in [0.15, 0.2) is 36.5 Å². The average molecular weight is 270 g/mol. The number of amides is 1. The molecule has 3 rings (SSSR count). The Kier molecular flexibility index (Phi) is 3.52. The molecule has 5 nitrogen and oxygen atoms in total. The predicted octanol–water partition coefficient (Wildman–Crippen LogP) is 0.923. The molecule has 0 saturated carbocycles. The number of hydrogen-bond donors (Lipinski definition) is 2. The number of rotatable bonds is 3. The predicted molar refractivity (Wildman–Crippen MR) is 75.9 cm³/mol. The highest BCUT2D eigenvalue weighted by molar-refractivity contribution is 5.83. The van der Waals surface area contributed by atoms with Gasteiger partial charge in [-0.05, 0) is 23.6 Å². The Hall–Kier alpha value is -2.14. The molecule has 0 radical (unpaired) electrons. The first kappa shape index (κ1) is 12.9. The highest BCUT2D eigenvalue weighted by atomic mass is 16.2. The van der Waals surface area contributed by atoms with Gasteiger partial charge in [0.25, 0.3) is 0 Å². The molecule has 20 heavy (non-hydrogen) atoms. The fourth-order valence-electron chi connectivity index (χ4n) is 2.58. The molecule has 0 bridgehead atoms. The first-order valence-corrected chi connectivity index (χ1v) is 6.81. The van der Waals surface area contributed by atoms with E-state index in [1.165, 1.54) is 5.56 Å². The highest BCUT2D eigenvalue weighted by Gasteiger charge is 2.25. The fourth-order valence-corrected chi connectivity index (χ4v) is 2.58. The van der Waals surface area contributed by atoms with E-state index in [0.29, 0.717) is 6.54 Å². The second kappa shape index (κ2) is 5.46. The molecule has 1 amide bonds. The number of carbonyl (C=O) groups excluding carboxylic acids is 1. The summed E-state index contributed by atoms with van der Waals surface area (Å²) in [6, 6.07) is 9.76. The molecule has 2 aromatic rings. The Labute approximate surface area is 118 Å². The maximum Gasteiger partial charge on any atom is 0.242 e. The van der Waals surface area contributed by atoms with Crippen molar-refractivity contribution in [3.8, 4) is 0 Å². The first-order chi connectivity index (χ1) is 9.74. The van der Waals surface area contributed by atoms with E-state index >= 15 is 0 Å². The van der Waals surface area contributed by atoms with Crippen molar-refractivity contribution in [3.63, 3.8) is 0 Å². The van der Waals surface area contributed by atoms with Crippen molar-refractivity contribution in [2.24, 2.45) is 7.05 Å². The Morgan fingerprint density at radius 1 is 1.45 bits per heavy atom. The summed E-state index contributed by atoms with van der Waals surface area (Å²) in [5.41, 5.74) is 3.20. The fraction of sp³-hybridized carbons (Fsp3) is 0.333. The minimum Gasteiger partial charge on any atom is -0.349 e. The van der Waals surface area contributed by atoms with Gasteiger partial charge in [-0.15, -0.1) is 0 Å². The van der Waals surface area contributed by atoms with Crippen LogP contribution in [0.3, 0.4) is 0 Å². The van der Waals surface area contributed by atoms with Gasteiger partial charge in [0.2, 0.25) is 5.91 Å². The molecule has 1 aromatic heterocycles. The van der Waals surface area contributed by atoms with Crippen LogP contribution in [0.25, 0.3) is 0 Å². The monoisotopic (exact) mass is 270 g/mol. The third-order valence-corrected chi connectivity index (χ3v) is 3.58. The van der Waals surface area contributed by atoms with Crippen molar-refractivity contribution >= 4 is 5.91 Å². The Balaban J connectivity index is 1.69. The van der Waals surface area contributed by atoms with Crippen LogP contribution >= 0.6 is 0 Å². The highest BCUT2D eigenvalue weighted by Crippen LogP contribution is 2.22. The lowest BCUT2D eigenvalue weighted by Crippen LogP contribution is -2.41. The molecule has 1 unspecified atom stereocenters. The molecule has 0 spiro atoms. The van der Waals surface area contributed by atoms with Crippen molar-refractivity contribution in [2.75, 3.05) is 6.54 Å². The zero-order valence-electron chi connectivity index (χ0n) is 11.5. The Morgan fingerprint density at radius 2 is 2.30 bits per heavy atom. The lowest BCUT2D eigenvalue weighted by molar-refractivity contribution is -0.123. The van der Waals surface area contributed by atoms with Crippen LogP contribution < -0.4 is 10.6 Å². The van der Waals surface area contributed by atoms with Gasteiger partial charge in [-0.25, -0.2) is 0 Å². The van der Waals surface area contributed by atoms with Crippen LogP contribution in [0.4, 0.5) is 0 Å². The number of nitrogens with one attached hydrogen (secondary N) is 2. The van der Waals surface area contributed by atoms with Gasteiger partial charge in [0.1, 0.15) is 6.04 Å². The first-order valence-electron chi connectivity index (χ1n) is 6.81. The standard InChI is InChI=1S/C15H18N4O/c1-19-9-7-12(18-19)10-17-15(20)14-13-5-3-2-4-11(13)6-8-16-14/h2-5,7,9,14,16H,6,8,10H2,1H3,(H,17,20). The molecular weight excluding hydrogens is 252 g/mol. The van der Waals surface area contributed by atoms with Crippen LogP contribution in [-0.4, -0.2) is 22.2 Å². The summed E-state index contributed by atoms with van der Waals surface area (Å²) in [4.78, 5) is 12.3. The number of aryl methyl sites for hydroxylation is 1. The van der Waals surface area contributed by atoms with Gasteiger partial charge in [0.05, 0.1) is 12.2 Å². The van der Waals surface area contributed by atoms with Gasteiger partial charge in [-0.2, -0.15) is 5.10 Å².